The van der Waals surface area contributed by atoms with Crippen molar-refractivity contribution in [2.75, 3.05) is 37.6 Å². The summed E-state index contributed by atoms with van der Waals surface area (Å²) in [5.74, 6) is -1.82. The highest BCUT2D eigenvalue weighted by molar-refractivity contribution is 5.88. The molecule has 1 fully saturated rings. The minimum Gasteiger partial charge on any atom is -0.481 e. The Morgan fingerprint density at radius 1 is 1.14 bits per heavy atom. The minimum absolute atomic E-state index is 0.0390. The lowest BCUT2D eigenvalue weighted by molar-refractivity contribution is -0.136. The molecule has 1 aromatic carbocycles. The molecule has 0 bridgehead atoms. The van der Waals surface area contributed by atoms with Crippen LogP contribution in [0.3, 0.4) is 0 Å². The van der Waals surface area contributed by atoms with Gasteiger partial charge in [0, 0.05) is 25.3 Å². The number of aliphatic carboxylic acids is 1. The molecule has 120 valence electrons. The van der Waals surface area contributed by atoms with Crippen molar-refractivity contribution in [2.24, 2.45) is 0 Å². The molecule has 0 amide bonds. The van der Waals surface area contributed by atoms with E-state index in [2.05, 4.69) is 4.90 Å². The highest BCUT2D eigenvalue weighted by Gasteiger charge is 2.15. The fourth-order valence-electron chi connectivity index (χ4n) is 2.70. The van der Waals surface area contributed by atoms with Crippen molar-refractivity contribution in [1.29, 1.82) is 0 Å². The molecular formula is C16H22N2O4. The maximum atomic E-state index is 11.1. The van der Waals surface area contributed by atoms with Crippen molar-refractivity contribution in [3.8, 4) is 0 Å². The molecule has 1 aliphatic rings. The summed E-state index contributed by atoms with van der Waals surface area (Å²) in [5.41, 5.74) is 0.986. The normalized spacial score (nSPS) is 14.9. The Hall–Kier alpha value is -2.08. The highest BCUT2D eigenvalue weighted by atomic mass is 16.4. The van der Waals surface area contributed by atoms with Crippen LogP contribution in [0, 0.1) is 0 Å². The summed E-state index contributed by atoms with van der Waals surface area (Å²) in [5, 5.41) is 18.0. The molecule has 6 nitrogen and oxygen atoms in total. The Kier molecular flexibility index (Phi) is 5.77. The number of hydrogen-bond acceptors (Lipinski definition) is 4. The summed E-state index contributed by atoms with van der Waals surface area (Å²) in [4.78, 5) is 26.2. The van der Waals surface area contributed by atoms with Crippen molar-refractivity contribution in [3.63, 3.8) is 0 Å². The fourth-order valence-corrected chi connectivity index (χ4v) is 2.70. The molecule has 2 N–H and O–H groups in total. The number of hydrogen-bond donors (Lipinski definition) is 2. The monoisotopic (exact) mass is 306 g/mol. The fraction of sp³-hybridized carbons (Fsp3) is 0.500. The smallest absolute Gasteiger partial charge is 0.335 e. The largest absolute Gasteiger partial charge is 0.481 e. The zero-order valence-electron chi connectivity index (χ0n) is 12.6. The Bertz CT molecular complexity index is 527. The SMILES string of the molecule is O=C(O)CCN(CCN1CCCC1)c1cccc(C(=O)O)c1. The Balaban J connectivity index is 2.06. The molecule has 0 aliphatic carbocycles. The number of carboxylic acids is 2. The number of nitrogens with zero attached hydrogens (tertiary/aromatic N) is 2. The first kappa shape index (κ1) is 16.3. The summed E-state index contributed by atoms with van der Waals surface area (Å²) < 4.78 is 0. The molecule has 1 heterocycles. The van der Waals surface area contributed by atoms with Gasteiger partial charge in [0.25, 0.3) is 0 Å². The summed E-state index contributed by atoms with van der Waals surface area (Å²) >= 11 is 0. The third kappa shape index (κ3) is 4.73. The van der Waals surface area contributed by atoms with E-state index in [1.54, 1.807) is 18.2 Å². The molecule has 0 radical (unpaired) electrons. The topological polar surface area (TPSA) is 81.1 Å². The van der Waals surface area contributed by atoms with Crippen LogP contribution < -0.4 is 4.90 Å². The number of carbonyl (C=O) groups is 2. The van der Waals surface area contributed by atoms with Gasteiger partial charge in [-0.15, -0.1) is 0 Å². The van der Waals surface area contributed by atoms with Gasteiger partial charge in [0.15, 0.2) is 0 Å². The van der Waals surface area contributed by atoms with Gasteiger partial charge in [-0.2, -0.15) is 0 Å². The van der Waals surface area contributed by atoms with E-state index >= 15 is 0 Å². The van der Waals surface area contributed by atoms with Crippen LogP contribution in [0.2, 0.25) is 0 Å². The van der Waals surface area contributed by atoms with Gasteiger partial charge in [-0.1, -0.05) is 6.07 Å². The van der Waals surface area contributed by atoms with Gasteiger partial charge in [-0.3, -0.25) is 4.79 Å². The lowest BCUT2D eigenvalue weighted by atomic mass is 10.2. The van der Waals surface area contributed by atoms with E-state index in [9.17, 15) is 9.59 Å². The van der Waals surface area contributed by atoms with Crippen molar-refractivity contribution in [2.45, 2.75) is 19.3 Å². The molecule has 6 heteroatoms. The molecule has 0 unspecified atom stereocenters. The molecule has 0 atom stereocenters. The van der Waals surface area contributed by atoms with Crippen LogP contribution in [0.5, 0.6) is 0 Å². The zero-order valence-corrected chi connectivity index (χ0v) is 12.6. The Labute approximate surface area is 130 Å². The quantitative estimate of drug-likeness (QED) is 0.762. The van der Waals surface area contributed by atoms with Crippen LogP contribution in [-0.4, -0.2) is 59.8 Å². The van der Waals surface area contributed by atoms with Gasteiger partial charge in [-0.05, 0) is 44.1 Å². The first-order chi connectivity index (χ1) is 10.6. The summed E-state index contributed by atoms with van der Waals surface area (Å²) in [6.07, 6.45) is 2.46. The van der Waals surface area contributed by atoms with Gasteiger partial charge in [0.05, 0.1) is 12.0 Å². The average molecular weight is 306 g/mol. The molecule has 0 aromatic heterocycles. The molecule has 1 aliphatic heterocycles. The van der Waals surface area contributed by atoms with Gasteiger partial charge in [-0.25, -0.2) is 4.79 Å². The maximum absolute atomic E-state index is 11.1. The van der Waals surface area contributed by atoms with E-state index in [0.29, 0.717) is 13.1 Å². The van der Waals surface area contributed by atoms with E-state index in [0.717, 1.165) is 25.3 Å². The van der Waals surface area contributed by atoms with Crippen molar-refractivity contribution in [1.82, 2.24) is 4.90 Å². The van der Waals surface area contributed by atoms with E-state index in [-0.39, 0.29) is 12.0 Å². The van der Waals surface area contributed by atoms with Crippen molar-refractivity contribution < 1.29 is 19.8 Å². The van der Waals surface area contributed by atoms with E-state index in [4.69, 9.17) is 10.2 Å². The number of benzene rings is 1. The number of anilines is 1. The van der Waals surface area contributed by atoms with Gasteiger partial charge in [0.1, 0.15) is 0 Å². The number of likely N-dealkylation sites (tertiary alicyclic amines) is 1. The Morgan fingerprint density at radius 3 is 2.50 bits per heavy atom. The predicted molar refractivity (Wildman–Crippen MR) is 83.5 cm³/mol. The van der Waals surface area contributed by atoms with Crippen LogP contribution in [-0.2, 0) is 4.79 Å². The second-order valence-corrected chi connectivity index (χ2v) is 5.54. The number of aromatic carboxylic acids is 1. The molecule has 1 aromatic rings. The standard InChI is InChI=1S/C16H22N2O4/c19-15(20)6-9-18(11-10-17-7-1-2-8-17)14-5-3-4-13(12-14)16(21)22/h3-5,12H,1-2,6-11H2,(H,19,20)(H,21,22). The van der Waals surface area contributed by atoms with Gasteiger partial charge < -0.3 is 20.0 Å². The lowest BCUT2D eigenvalue weighted by Gasteiger charge is -2.27. The van der Waals surface area contributed by atoms with Crippen molar-refractivity contribution in [3.05, 3.63) is 29.8 Å². The lowest BCUT2D eigenvalue weighted by Crippen LogP contribution is -2.35. The van der Waals surface area contributed by atoms with Crippen molar-refractivity contribution >= 4 is 17.6 Å². The summed E-state index contributed by atoms with van der Waals surface area (Å²) in [6, 6.07) is 6.68. The van der Waals surface area contributed by atoms with Crippen LogP contribution in [0.15, 0.2) is 24.3 Å². The van der Waals surface area contributed by atoms with E-state index < -0.39 is 11.9 Å². The third-order valence-corrected chi connectivity index (χ3v) is 3.94. The predicted octanol–water partition coefficient (Wildman–Crippen LogP) is 1.76. The number of rotatable bonds is 8. The van der Waals surface area contributed by atoms with Gasteiger partial charge >= 0.3 is 11.9 Å². The zero-order chi connectivity index (χ0) is 15.9. The van der Waals surface area contributed by atoms with Crippen LogP contribution in [0.4, 0.5) is 5.69 Å². The number of carboxylic acid groups (broad SMARTS) is 2. The molecule has 1 saturated heterocycles. The van der Waals surface area contributed by atoms with Crippen LogP contribution in [0.25, 0.3) is 0 Å². The second kappa shape index (κ2) is 7.79. The first-order valence-corrected chi connectivity index (χ1v) is 7.59. The molecule has 0 spiro atoms. The summed E-state index contributed by atoms with van der Waals surface area (Å²) in [7, 11) is 0. The van der Waals surface area contributed by atoms with E-state index in [1.807, 2.05) is 11.0 Å². The van der Waals surface area contributed by atoms with Gasteiger partial charge in [0.2, 0.25) is 0 Å². The first-order valence-electron chi connectivity index (χ1n) is 7.59. The average Bonchev–Trinajstić information content (AvgIpc) is 3.00. The highest BCUT2D eigenvalue weighted by Crippen LogP contribution is 2.17. The molecular weight excluding hydrogens is 284 g/mol. The molecule has 0 saturated carbocycles. The summed E-state index contributed by atoms with van der Waals surface area (Å²) in [6.45, 7) is 4.13. The third-order valence-electron chi connectivity index (χ3n) is 3.94. The molecule has 2 rings (SSSR count). The van der Waals surface area contributed by atoms with E-state index in [1.165, 1.54) is 12.8 Å². The van der Waals surface area contributed by atoms with Crippen LogP contribution >= 0.6 is 0 Å². The minimum atomic E-state index is -0.973. The Morgan fingerprint density at radius 2 is 1.86 bits per heavy atom. The molecule has 22 heavy (non-hydrogen) atoms. The van der Waals surface area contributed by atoms with Crippen LogP contribution in [0.1, 0.15) is 29.6 Å². The second-order valence-electron chi connectivity index (χ2n) is 5.54. The maximum Gasteiger partial charge on any atom is 0.335 e.